The van der Waals surface area contributed by atoms with Gasteiger partial charge in [0.05, 0.1) is 12.0 Å². The van der Waals surface area contributed by atoms with E-state index in [9.17, 15) is 4.79 Å². The topological polar surface area (TPSA) is 39.4 Å². The molecular formula is C16H18O3. The third-order valence-electron chi connectivity index (χ3n) is 3.64. The molecule has 19 heavy (non-hydrogen) atoms. The van der Waals surface area contributed by atoms with Crippen LogP contribution in [0.1, 0.15) is 36.5 Å². The first-order valence-electron chi connectivity index (χ1n) is 6.92. The van der Waals surface area contributed by atoms with E-state index in [2.05, 4.69) is 6.92 Å². The molecule has 3 nitrogen and oxygen atoms in total. The van der Waals surface area contributed by atoms with Crippen molar-refractivity contribution >= 4 is 11.0 Å². The second-order valence-electron chi connectivity index (χ2n) is 5.18. The Morgan fingerprint density at radius 3 is 2.84 bits per heavy atom. The van der Waals surface area contributed by atoms with Crippen LogP contribution in [-0.2, 0) is 12.8 Å². The Kier molecular flexibility index (Phi) is 3.05. The lowest BCUT2D eigenvalue weighted by Crippen LogP contribution is -2.08. The van der Waals surface area contributed by atoms with Gasteiger partial charge in [0.15, 0.2) is 0 Å². The normalized spacial score (nSPS) is 13.8. The van der Waals surface area contributed by atoms with E-state index in [0.717, 1.165) is 53.5 Å². The van der Waals surface area contributed by atoms with Crippen LogP contribution in [0.4, 0.5) is 0 Å². The van der Waals surface area contributed by atoms with Gasteiger partial charge in [0.25, 0.3) is 0 Å². The van der Waals surface area contributed by atoms with Gasteiger partial charge < -0.3 is 9.15 Å². The Bertz CT molecular complexity index is 682. The van der Waals surface area contributed by atoms with E-state index in [1.54, 1.807) is 0 Å². The van der Waals surface area contributed by atoms with Crippen molar-refractivity contribution in [3.8, 4) is 5.75 Å². The molecule has 0 atom stereocenters. The molecule has 0 amide bonds. The van der Waals surface area contributed by atoms with Crippen LogP contribution in [0.25, 0.3) is 11.0 Å². The van der Waals surface area contributed by atoms with Gasteiger partial charge in [-0.05, 0) is 55.9 Å². The van der Waals surface area contributed by atoms with Crippen molar-refractivity contribution in [2.24, 2.45) is 0 Å². The first-order valence-corrected chi connectivity index (χ1v) is 6.92. The molecule has 3 heteroatoms. The van der Waals surface area contributed by atoms with Gasteiger partial charge in [-0.2, -0.15) is 0 Å². The lowest BCUT2D eigenvalue weighted by Gasteiger charge is -2.12. The molecule has 0 unspecified atom stereocenters. The van der Waals surface area contributed by atoms with Crippen LogP contribution in [0.5, 0.6) is 5.75 Å². The highest BCUT2D eigenvalue weighted by molar-refractivity contribution is 5.88. The number of hydrogen-bond acceptors (Lipinski definition) is 3. The summed E-state index contributed by atoms with van der Waals surface area (Å²) in [4.78, 5) is 12.0. The molecule has 0 bridgehead atoms. The standard InChI is InChI=1S/C16H18O3/c1-3-7-18-13-8-10(2)9-14-15(13)11-5-4-6-12(11)16(17)19-14/h8-9H,3-7H2,1-2H3. The van der Waals surface area contributed by atoms with Crippen LogP contribution in [-0.4, -0.2) is 6.61 Å². The minimum Gasteiger partial charge on any atom is -0.493 e. The van der Waals surface area contributed by atoms with Crippen LogP contribution < -0.4 is 10.4 Å². The Morgan fingerprint density at radius 1 is 1.26 bits per heavy atom. The third kappa shape index (κ3) is 2.03. The van der Waals surface area contributed by atoms with E-state index in [1.165, 1.54) is 0 Å². The fourth-order valence-corrected chi connectivity index (χ4v) is 2.83. The lowest BCUT2D eigenvalue weighted by atomic mass is 10.0. The Balaban J connectivity index is 2.30. The molecule has 1 aliphatic rings. The SMILES string of the molecule is CCCOc1cc(C)cc2oc(=O)c3c(c12)CCC3. The monoisotopic (exact) mass is 258 g/mol. The van der Waals surface area contributed by atoms with Gasteiger partial charge >= 0.3 is 5.63 Å². The van der Waals surface area contributed by atoms with Crippen LogP contribution in [0, 0.1) is 6.92 Å². The predicted molar refractivity (Wildman–Crippen MR) is 75.0 cm³/mol. The van der Waals surface area contributed by atoms with Crippen molar-refractivity contribution in [2.75, 3.05) is 6.61 Å². The maximum absolute atomic E-state index is 12.0. The molecule has 1 aromatic carbocycles. The van der Waals surface area contributed by atoms with Crippen LogP contribution >= 0.6 is 0 Å². The third-order valence-corrected chi connectivity index (χ3v) is 3.64. The van der Waals surface area contributed by atoms with Crippen LogP contribution in [0.3, 0.4) is 0 Å². The Morgan fingerprint density at radius 2 is 2.05 bits per heavy atom. The highest BCUT2D eigenvalue weighted by Gasteiger charge is 2.22. The smallest absolute Gasteiger partial charge is 0.339 e. The number of fused-ring (bicyclic) bond motifs is 3. The molecule has 0 aliphatic heterocycles. The molecule has 3 rings (SSSR count). The highest BCUT2D eigenvalue weighted by Crippen LogP contribution is 2.35. The van der Waals surface area contributed by atoms with Crippen LogP contribution in [0.15, 0.2) is 21.3 Å². The van der Waals surface area contributed by atoms with E-state index in [4.69, 9.17) is 9.15 Å². The summed E-state index contributed by atoms with van der Waals surface area (Å²) >= 11 is 0. The van der Waals surface area contributed by atoms with E-state index in [0.29, 0.717) is 12.2 Å². The number of ether oxygens (including phenoxy) is 1. The molecule has 1 heterocycles. The van der Waals surface area contributed by atoms with Gasteiger partial charge in [0.2, 0.25) is 0 Å². The van der Waals surface area contributed by atoms with Crippen LogP contribution in [0.2, 0.25) is 0 Å². The maximum atomic E-state index is 12.0. The molecule has 0 radical (unpaired) electrons. The van der Waals surface area contributed by atoms with Gasteiger partial charge in [-0.1, -0.05) is 6.92 Å². The number of hydrogen-bond donors (Lipinski definition) is 0. The minimum absolute atomic E-state index is 0.174. The summed E-state index contributed by atoms with van der Waals surface area (Å²) in [5, 5.41) is 1.01. The molecule has 2 aromatic rings. The summed E-state index contributed by atoms with van der Waals surface area (Å²) in [5.41, 5.74) is 3.53. The predicted octanol–water partition coefficient (Wildman–Crippen LogP) is 3.38. The second-order valence-corrected chi connectivity index (χ2v) is 5.18. The minimum atomic E-state index is -0.174. The van der Waals surface area contributed by atoms with E-state index in [1.807, 2.05) is 19.1 Å². The zero-order chi connectivity index (χ0) is 13.4. The van der Waals surface area contributed by atoms with Gasteiger partial charge in [0, 0.05) is 5.56 Å². The molecule has 0 saturated carbocycles. The van der Waals surface area contributed by atoms with Gasteiger partial charge in [-0.25, -0.2) is 4.79 Å². The average molecular weight is 258 g/mol. The Labute approximate surface area is 112 Å². The quantitative estimate of drug-likeness (QED) is 0.792. The molecule has 0 fully saturated rings. The number of benzene rings is 1. The molecule has 0 N–H and O–H groups in total. The number of aryl methyl sites for hydroxylation is 2. The lowest BCUT2D eigenvalue weighted by molar-refractivity contribution is 0.320. The fraction of sp³-hybridized carbons (Fsp3) is 0.438. The molecule has 100 valence electrons. The fourth-order valence-electron chi connectivity index (χ4n) is 2.83. The molecular weight excluding hydrogens is 240 g/mol. The first kappa shape index (κ1) is 12.3. The average Bonchev–Trinajstić information content (AvgIpc) is 2.85. The molecule has 0 saturated heterocycles. The Hall–Kier alpha value is -1.77. The number of rotatable bonds is 3. The van der Waals surface area contributed by atoms with E-state index in [-0.39, 0.29) is 5.63 Å². The summed E-state index contributed by atoms with van der Waals surface area (Å²) in [6, 6.07) is 3.96. The van der Waals surface area contributed by atoms with Crippen molar-refractivity contribution < 1.29 is 9.15 Å². The maximum Gasteiger partial charge on any atom is 0.339 e. The summed E-state index contributed by atoms with van der Waals surface area (Å²) in [7, 11) is 0. The summed E-state index contributed by atoms with van der Waals surface area (Å²) < 4.78 is 11.3. The molecule has 1 aliphatic carbocycles. The molecule has 1 aromatic heterocycles. The van der Waals surface area contributed by atoms with Crippen molar-refractivity contribution in [1.29, 1.82) is 0 Å². The summed E-state index contributed by atoms with van der Waals surface area (Å²) in [6.07, 6.45) is 3.77. The zero-order valence-corrected chi connectivity index (χ0v) is 11.4. The largest absolute Gasteiger partial charge is 0.493 e. The van der Waals surface area contributed by atoms with Crippen molar-refractivity contribution in [1.82, 2.24) is 0 Å². The van der Waals surface area contributed by atoms with E-state index < -0.39 is 0 Å². The van der Waals surface area contributed by atoms with Gasteiger partial charge in [-0.3, -0.25) is 0 Å². The van der Waals surface area contributed by atoms with Crippen molar-refractivity contribution in [2.45, 2.75) is 39.5 Å². The van der Waals surface area contributed by atoms with Gasteiger partial charge in [-0.15, -0.1) is 0 Å². The van der Waals surface area contributed by atoms with Crippen molar-refractivity contribution in [3.63, 3.8) is 0 Å². The summed E-state index contributed by atoms with van der Waals surface area (Å²) in [6.45, 7) is 4.76. The summed E-state index contributed by atoms with van der Waals surface area (Å²) in [5.74, 6) is 0.860. The van der Waals surface area contributed by atoms with Gasteiger partial charge in [0.1, 0.15) is 11.3 Å². The first-order chi connectivity index (χ1) is 9.20. The highest BCUT2D eigenvalue weighted by atomic mass is 16.5. The second kappa shape index (κ2) is 4.72. The van der Waals surface area contributed by atoms with Crippen molar-refractivity contribution in [3.05, 3.63) is 39.2 Å². The van der Waals surface area contributed by atoms with E-state index >= 15 is 0 Å². The molecule has 0 spiro atoms. The zero-order valence-electron chi connectivity index (χ0n) is 11.4.